The van der Waals surface area contributed by atoms with E-state index in [4.69, 9.17) is 0 Å². The van der Waals surface area contributed by atoms with Crippen LogP contribution in [0.25, 0.3) is 0 Å². The molecule has 0 bridgehead atoms. The molecule has 1 aromatic rings. The maximum atomic E-state index is 10.5. The Morgan fingerprint density at radius 2 is 2.41 bits per heavy atom. The van der Waals surface area contributed by atoms with Crippen LogP contribution in [0.4, 0.5) is 0 Å². The molecule has 0 saturated carbocycles. The van der Waals surface area contributed by atoms with Gasteiger partial charge in [-0.3, -0.25) is 20.1 Å². The monoisotopic (exact) mass is 236 g/mol. The lowest BCUT2D eigenvalue weighted by atomic mass is 10.2. The van der Waals surface area contributed by atoms with Gasteiger partial charge in [0.2, 0.25) is 0 Å². The molecule has 0 N–H and O–H groups in total. The summed E-state index contributed by atoms with van der Waals surface area (Å²) in [6, 6.07) is 3.79. The van der Waals surface area contributed by atoms with Gasteiger partial charge in [-0.1, -0.05) is 6.07 Å². The fourth-order valence-corrected chi connectivity index (χ4v) is 1.53. The molecule has 0 aromatic carbocycles. The molecule has 0 unspecified atom stereocenters. The molecule has 1 aromatic heterocycles. The van der Waals surface area contributed by atoms with Gasteiger partial charge in [-0.05, 0) is 18.6 Å². The van der Waals surface area contributed by atoms with Crippen molar-refractivity contribution in [3.05, 3.63) is 40.2 Å². The highest BCUT2D eigenvalue weighted by molar-refractivity contribution is 5.83. The Labute approximate surface area is 100 Å². The summed E-state index contributed by atoms with van der Waals surface area (Å²) >= 11 is 0. The average Bonchev–Trinajstić information content (AvgIpc) is 2.34. The second-order valence-corrected chi connectivity index (χ2v) is 3.51. The summed E-state index contributed by atoms with van der Waals surface area (Å²) in [5.74, 6) is 0.487. The van der Waals surface area contributed by atoms with Crippen LogP contribution in [0.2, 0.25) is 0 Å². The van der Waals surface area contributed by atoms with Crippen molar-refractivity contribution in [1.82, 2.24) is 9.88 Å². The number of likely N-dealkylation sites (N-methyl/N-ethyl adjacent to an activating group) is 1. The number of aromatic nitrogens is 1. The Bertz CT molecular complexity index is 392. The third-order valence-corrected chi connectivity index (χ3v) is 2.37. The first kappa shape index (κ1) is 13.1. The number of rotatable bonds is 5. The lowest BCUT2D eigenvalue weighted by Crippen LogP contribution is -2.35. The topological polar surface area (TPSA) is 71.6 Å². The summed E-state index contributed by atoms with van der Waals surface area (Å²) in [5.41, 5.74) is 1.01. The molecule has 17 heavy (non-hydrogen) atoms. The minimum Gasteiger partial charge on any atom is -0.351 e. The molecule has 1 heterocycles. The number of nitro groups is 1. The van der Waals surface area contributed by atoms with Gasteiger partial charge in [-0.15, -0.1) is 0 Å². The quantitative estimate of drug-likeness (QED) is 0.333. The molecule has 0 fully saturated rings. The summed E-state index contributed by atoms with van der Waals surface area (Å²) in [7, 11) is 1.57. The van der Waals surface area contributed by atoms with E-state index in [9.17, 15) is 10.1 Å². The van der Waals surface area contributed by atoms with Gasteiger partial charge in [0, 0.05) is 37.5 Å². The first-order valence-electron chi connectivity index (χ1n) is 5.38. The molecular formula is C11H16N4O2. The molecule has 0 amide bonds. The summed E-state index contributed by atoms with van der Waals surface area (Å²) in [4.78, 5) is 20.0. The van der Waals surface area contributed by atoms with Crippen molar-refractivity contribution >= 4 is 5.84 Å². The van der Waals surface area contributed by atoms with Crippen LogP contribution in [0.5, 0.6) is 0 Å². The van der Waals surface area contributed by atoms with E-state index in [0.717, 1.165) is 5.56 Å². The second-order valence-electron chi connectivity index (χ2n) is 3.51. The van der Waals surface area contributed by atoms with E-state index in [1.807, 2.05) is 24.0 Å². The second kappa shape index (κ2) is 6.57. The van der Waals surface area contributed by atoms with Crippen molar-refractivity contribution in [2.24, 2.45) is 4.99 Å². The maximum absolute atomic E-state index is 10.5. The zero-order valence-electron chi connectivity index (χ0n) is 10.0. The van der Waals surface area contributed by atoms with Gasteiger partial charge in [0.05, 0.1) is 0 Å². The molecule has 0 aliphatic carbocycles. The molecule has 0 aliphatic heterocycles. The van der Waals surface area contributed by atoms with E-state index in [1.54, 1.807) is 19.4 Å². The standard InChI is InChI=1S/C11H16N4O2/c1-3-14(11(12-2)9-15(16)17)8-10-5-4-6-13-7-10/h4-7H,3,8-9H2,1-2H3. The van der Waals surface area contributed by atoms with Crippen LogP contribution in [0, 0.1) is 10.1 Å². The molecule has 0 aliphatic rings. The Kier molecular flexibility index (Phi) is 5.06. The summed E-state index contributed by atoms with van der Waals surface area (Å²) in [6.45, 7) is 2.96. The van der Waals surface area contributed by atoms with Gasteiger partial charge in [0.25, 0.3) is 6.54 Å². The maximum Gasteiger partial charge on any atom is 0.260 e. The van der Waals surface area contributed by atoms with E-state index in [1.165, 1.54) is 0 Å². The van der Waals surface area contributed by atoms with Gasteiger partial charge in [-0.25, -0.2) is 0 Å². The first-order valence-corrected chi connectivity index (χ1v) is 5.38. The minimum absolute atomic E-state index is 0.245. The minimum atomic E-state index is -0.367. The van der Waals surface area contributed by atoms with Crippen molar-refractivity contribution in [3.8, 4) is 0 Å². The molecule has 0 spiro atoms. The molecule has 6 heteroatoms. The lowest BCUT2D eigenvalue weighted by Gasteiger charge is -2.22. The van der Waals surface area contributed by atoms with E-state index >= 15 is 0 Å². The third-order valence-electron chi connectivity index (χ3n) is 2.37. The van der Waals surface area contributed by atoms with Crippen molar-refractivity contribution in [2.45, 2.75) is 13.5 Å². The van der Waals surface area contributed by atoms with Crippen LogP contribution in [-0.4, -0.2) is 40.8 Å². The number of amidine groups is 1. The fourth-order valence-electron chi connectivity index (χ4n) is 1.53. The highest BCUT2D eigenvalue weighted by Gasteiger charge is 2.14. The van der Waals surface area contributed by atoms with E-state index in [-0.39, 0.29) is 11.5 Å². The van der Waals surface area contributed by atoms with Gasteiger partial charge in [-0.2, -0.15) is 0 Å². The van der Waals surface area contributed by atoms with Crippen LogP contribution in [0.15, 0.2) is 29.5 Å². The van der Waals surface area contributed by atoms with Crippen molar-refractivity contribution in [1.29, 1.82) is 0 Å². The van der Waals surface area contributed by atoms with E-state index < -0.39 is 0 Å². The molecule has 0 radical (unpaired) electrons. The van der Waals surface area contributed by atoms with Gasteiger partial charge < -0.3 is 4.90 Å². The van der Waals surface area contributed by atoms with Gasteiger partial charge >= 0.3 is 0 Å². The predicted octanol–water partition coefficient (Wildman–Crippen LogP) is 1.21. The SMILES string of the molecule is CCN(Cc1cccnc1)C(C[N+](=O)[O-])=NC. The summed E-state index contributed by atoms with van der Waals surface area (Å²) in [6.07, 6.45) is 3.45. The zero-order chi connectivity index (χ0) is 12.7. The van der Waals surface area contributed by atoms with Crippen LogP contribution in [-0.2, 0) is 6.54 Å². The van der Waals surface area contributed by atoms with Crippen LogP contribution in [0.1, 0.15) is 12.5 Å². The molecule has 6 nitrogen and oxygen atoms in total. The van der Waals surface area contributed by atoms with Gasteiger partial charge in [0.1, 0.15) is 0 Å². The van der Waals surface area contributed by atoms with Crippen molar-refractivity contribution < 1.29 is 4.92 Å². The van der Waals surface area contributed by atoms with Crippen molar-refractivity contribution in [2.75, 3.05) is 20.1 Å². The molecule has 92 valence electrons. The molecule has 0 saturated heterocycles. The smallest absolute Gasteiger partial charge is 0.260 e. The number of aliphatic imine (C=N–C) groups is 1. The Balaban J connectivity index is 2.74. The number of hydrogen-bond donors (Lipinski definition) is 0. The average molecular weight is 236 g/mol. The summed E-state index contributed by atoms with van der Waals surface area (Å²) in [5, 5.41) is 10.5. The first-order chi connectivity index (χ1) is 8.17. The fraction of sp³-hybridized carbons (Fsp3) is 0.455. The third kappa shape index (κ3) is 4.18. The van der Waals surface area contributed by atoms with Gasteiger partial charge in [0.15, 0.2) is 5.84 Å². The lowest BCUT2D eigenvalue weighted by molar-refractivity contribution is -0.464. The van der Waals surface area contributed by atoms with Crippen molar-refractivity contribution in [3.63, 3.8) is 0 Å². The van der Waals surface area contributed by atoms with Crippen LogP contribution in [0.3, 0.4) is 0 Å². The Morgan fingerprint density at radius 1 is 1.65 bits per heavy atom. The number of pyridine rings is 1. The number of nitrogens with zero attached hydrogens (tertiary/aromatic N) is 4. The highest BCUT2D eigenvalue weighted by Crippen LogP contribution is 2.04. The van der Waals surface area contributed by atoms with E-state index in [0.29, 0.717) is 18.9 Å². The predicted molar refractivity (Wildman–Crippen MR) is 65.5 cm³/mol. The Morgan fingerprint density at radius 3 is 2.88 bits per heavy atom. The molecule has 1 rings (SSSR count). The summed E-state index contributed by atoms with van der Waals surface area (Å²) < 4.78 is 0. The zero-order valence-corrected chi connectivity index (χ0v) is 10.0. The van der Waals surface area contributed by atoms with Crippen LogP contribution >= 0.6 is 0 Å². The molecule has 0 atom stereocenters. The van der Waals surface area contributed by atoms with E-state index in [2.05, 4.69) is 9.98 Å². The normalized spacial score (nSPS) is 11.3. The number of hydrogen-bond acceptors (Lipinski definition) is 4. The van der Waals surface area contributed by atoms with Crippen LogP contribution < -0.4 is 0 Å². The Hall–Kier alpha value is -1.98. The largest absolute Gasteiger partial charge is 0.351 e. The molecular weight excluding hydrogens is 220 g/mol. The highest BCUT2D eigenvalue weighted by atomic mass is 16.6.